The van der Waals surface area contributed by atoms with Crippen molar-refractivity contribution < 1.29 is 4.79 Å². The number of aryl methyl sites for hydroxylation is 3. The molecule has 0 spiro atoms. The van der Waals surface area contributed by atoms with Gasteiger partial charge < -0.3 is 0 Å². The average molecular weight is 300 g/mol. The molecule has 0 fully saturated rings. The van der Waals surface area contributed by atoms with Crippen LogP contribution in [-0.2, 0) is 0 Å². The zero-order chi connectivity index (χ0) is 15.6. The molecule has 21 heavy (non-hydrogen) atoms. The van der Waals surface area contributed by atoms with Crippen molar-refractivity contribution >= 4 is 17.5 Å². The van der Waals surface area contributed by atoms with Crippen LogP contribution < -0.4 is 0 Å². The van der Waals surface area contributed by atoms with Gasteiger partial charge in [-0.3, -0.25) is 4.79 Å². The minimum absolute atomic E-state index is 0.111. The minimum atomic E-state index is -0.200. The molecule has 1 unspecified atom stereocenters. The Hall–Kier alpha value is -1.68. The van der Waals surface area contributed by atoms with Gasteiger partial charge in [0.15, 0.2) is 10.9 Å². The number of carbonyl (C=O) groups excluding carboxylic acids is 1. The molecule has 2 aromatic rings. The monoisotopic (exact) mass is 300 g/mol. The normalized spacial score (nSPS) is 12.2. The zero-order valence-corrected chi connectivity index (χ0v) is 13.9. The lowest BCUT2D eigenvalue weighted by Crippen LogP contribution is -2.14. The van der Waals surface area contributed by atoms with E-state index in [1.165, 1.54) is 11.8 Å². The largest absolute Gasteiger partial charge is 0.293 e. The molecule has 0 radical (unpaired) electrons. The molecule has 0 aliphatic carbocycles. The second-order valence-corrected chi connectivity index (χ2v) is 6.60. The maximum absolute atomic E-state index is 12.4. The van der Waals surface area contributed by atoms with Crippen molar-refractivity contribution in [1.82, 2.24) is 9.97 Å². The lowest BCUT2D eigenvalue weighted by Gasteiger charge is -2.11. The smallest absolute Gasteiger partial charge is 0.188 e. The van der Waals surface area contributed by atoms with E-state index in [9.17, 15) is 4.79 Å². The number of Topliss-reactive ketones (excluding diaryl/α,β-unsaturated/α-hetero) is 1. The number of carbonyl (C=O) groups is 1. The van der Waals surface area contributed by atoms with Gasteiger partial charge in [0.05, 0.1) is 5.25 Å². The Balaban J connectivity index is 2.16. The Kier molecular flexibility index (Phi) is 4.78. The van der Waals surface area contributed by atoms with Gasteiger partial charge in [0.1, 0.15) is 0 Å². The maximum Gasteiger partial charge on any atom is 0.188 e. The molecule has 0 N–H and O–H groups in total. The van der Waals surface area contributed by atoms with Gasteiger partial charge in [0.25, 0.3) is 0 Å². The maximum atomic E-state index is 12.4. The van der Waals surface area contributed by atoms with Gasteiger partial charge in [-0.05, 0) is 40.2 Å². The summed E-state index contributed by atoms with van der Waals surface area (Å²) in [6, 6.07) is 7.67. The van der Waals surface area contributed by atoms with Crippen LogP contribution in [0.15, 0.2) is 29.4 Å². The first-order valence-corrected chi connectivity index (χ1v) is 7.86. The van der Waals surface area contributed by atoms with Crippen molar-refractivity contribution in [3.8, 4) is 0 Å². The number of hydrogen-bond donors (Lipinski definition) is 0. The Bertz CT molecular complexity index is 642. The molecule has 0 saturated carbocycles. The molecule has 0 aliphatic heterocycles. The summed E-state index contributed by atoms with van der Waals surface area (Å²) in [4.78, 5) is 21.3. The number of benzene rings is 1. The Morgan fingerprint density at radius 2 is 1.52 bits per heavy atom. The highest BCUT2D eigenvalue weighted by atomic mass is 32.2. The average Bonchev–Trinajstić information content (AvgIpc) is 2.44. The fraction of sp³-hybridized carbons (Fsp3) is 0.353. The molecule has 0 aliphatic rings. The number of aromatic nitrogens is 2. The third-order valence-corrected chi connectivity index (χ3v) is 4.56. The molecule has 1 heterocycles. The van der Waals surface area contributed by atoms with E-state index in [-0.39, 0.29) is 11.0 Å². The van der Waals surface area contributed by atoms with E-state index >= 15 is 0 Å². The molecule has 3 nitrogen and oxygen atoms in total. The Morgan fingerprint density at radius 3 is 2.05 bits per heavy atom. The van der Waals surface area contributed by atoms with Gasteiger partial charge in [-0.2, -0.15) is 0 Å². The molecule has 1 atom stereocenters. The molecule has 0 saturated heterocycles. The molecule has 1 aromatic heterocycles. The quantitative estimate of drug-likeness (QED) is 0.485. The van der Waals surface area contributed by atoms with Crippen molar-refractivity contribution in [2.75, 3.05) is 0 Å². The van der Waals surface area contributed by atoms with E-state index < -0.39 is 0 Å². The highest BCUT2D eigenvalue weighted by Crippen LogP contribution is 2.24. The van der Waals surface area contributed by atoms with Gasteiger partial charge in [0.2, 0.25) is 0 Å². The van der Waals surface area contributed by atoms with Gasteiger partial charge in [-0.1, -0.05) is 41.6 Å². The second-order valence-electron chi connectivity index (χ2n) is 5.29. The number of hydrogen-bond acceptors (Lipinski definition) is 4. The summed E-state index contributed by atoms with van der Waals surface area (Å²) in [6.45, 7) is 9.87. The number of nitrogens with zero attached hydrogens (tertiary/aromatic N) is 2. The van der Waals surface area contributed by atoms with E-state index in [2.05, 4.69) is 9.97 Å². The standard InChI is InChI=1S/C17H20N2OS/c1-10-6-8-15(9-7-10)16(20)14(5)21-17-18-12(3)11(2)13(4)19-17/h6-9,14H,1-5H3. The Labute approximate surface area is 130 Å². The van der Waals surface area contributed by atoms with Crippen molar-refractivity contribution in [3.63, 3.8) is 0 Å². The van der Waals surface area contributed by atoms with Crippen molar-refractivity contribution in [1.29, 1.82) is 0 Å². The van der Waals surface area contributed by atoms with Crippen molar-refractivity contribution in [3.05, 3.63) is 52.3 Å². The summed E-state index contributed by atoms with van der Waals surface area (Å²) >= 11 is 1.42. The van der Waals surface area contributed by atoms with Gasteiger partial charge in [-0.25, -0.2) is 9.97 Å². The number of rotatable bonds is 4. The topological polar surface area (TPSA) is 42.9 Å². The van der Waals surface area contributed by atoms with Crippen LogP contribution in [-0.4, -0.2) is 21.0 Å². The van der Waals surface area contributed by atoms with Crippen LogP contribution in [0.5, 0.6) is 0 Å². The molecule has 110 valence electrons. The molecular formula is C17H20N2OS. The van der Waals surface area contributed by atoms with E-state index in [1.807, 2.05) is 58.9 Å². The second kappa shape index (κ2) is 6.39. The lowest BCUT2D eigenvalue weighted by molar-refractivity contribution is 0.0994. The molecule has 2 rings (SSSR count). The summed E-state index contributed by atoms with van der Waals surface area (Å²) in [6.07, 6.45) is 0. The molecule has 1 aromatic carbocycles. The van der Waals surface area contributed by atoms with Crippen LogP contribution in [0.3, 0.4) is 0 Å². The van der Waals surface area contributed by atoms with Crippen LogP contribution in [0.1, 0.15) is 39.8 Å². The molecule has 4 heteroatoms. The predicted molar refractivity (Wildman–Crippen MR) is 87.1 cm³/mol. The van der Waals surface area contributed by atoms with Crippen molar-refractivity contribution in [2.24, 2.45) is 0 Å². The number of thioether (sulfide) groups is 1. The summed E-state index contributed by atoms with van der Waals surface area (Å²) < 4.78 is 0. The lowest BCUT2D eigenvalue weighted by atomic mass is 10.1. The molecule has 0 amide bonds. The predicted octanol–water partition coefficient (Wildman–Crippen LogP) is 4.07. The fourth-order valence-electron chi connectivity index (χ4n) is 1.96. The van der Waals surface area contributed by atoms with E-state index in [0.717, 1.165) is 28.1 Å². The van der Waals surface area contributed by atoms with Crippen LogP contribution in [0.2, 0.25) is 0 Å². The Morgan fingerprint density at radius 1 is 1.00 bits per heavy atom. The van der Waals surface area contributed by atoms with E-state index in [0.29, 0.717) is 5.16 Å². The van der Waals surface area contributed by atoms with Gasteiger partial charge in [-0.15, -0.1) is 0 Å². The van der Waals surface area contributed by atoms with E-state index in [4.69, 9.17) is 0 Å². The van der Waals surface area contributed by atoms with Crippen LogP contribution in [0.4, 0.5) is 0 Å². The van der Waals surface area contributed by atoms with E-state index in [1.54, 1.807) is 0 Å². The van der Waals surface area contributed by atoms with Crippen LogP contribution in [0, 0.1) is 27.7 Å². The van der Waals surface area contributed by atoms with Crippen molar-refractivity contribution in [2.45, 2.75) is 45.0 Å². The first kappa shape index (κ1) is 15.7. The number of ketones is 1. The zero-order valence-electron chi connectivity index (χ0n) is 13.1. The highest BCUT2D eigenvalue weighted by molar-refractivity contribution is 8.00. The summed E-state index contributed by atoms with van der Waals surface area (Å²) in [5.41, 5.74) is 4.94. The first-order valence-electron chi connectivity index (χ1n) is 6.98. The van der Waals surface area contributed by atoms with Gasteiger partial charge >= 0.3 is 0 Å². The van der Waals surface area contributed by atoms with Crippen LogP contribution >= 0.6 is 11.8 Å². The van der Waals surface area contributed by atoms with Crippen LogP contribution in [0.25, 0.3) is 0 Å². The summed E-state index contributed by atoms with van der Waals surface area (Å²) in [5.74, 6) is 0.111. The summed E-state index contributed by atoms with van der Waals surface area (Å²) in [5, 5.41) is 0.470. The highest BCUT2D eigenvalue weighted by Gasteiger charge is 2.18. The molecular weight excluding hydrogens is 280 g/mol. The first-order chi connectivity index (χ1) is 9.88. The minimum Gasteiger partial charge on any atom is -0.293 e. The molecule has 0 bridgehead atoms. The third kappa shape index (κ3) is 3.70. The third-order valence-electron chi connectivity index (χ3n) is 3.60. The fourth-order valence-corrected chi connectivity index (χ4v) is 2.90. The summed E-state index contributed by atoms with van der Waals surface area (Å²) in [7, 11) is 0. The SMILES string of the molecule is Cc1ccc(C(=O)C(C)Sc2nc(C)c(C)c(C)n2)cc1. The van der Waals surface area contributed by atoms with Gasteiger partial charge in [0, 0.05) is 17.0 Å².